The van der Waals surface area contributed by atoms with Crippen LogP contribution in [0.3, 0.4) is 0 Å². The Morgan fingerprint density at radius 3 is 2.27 bits per heavy atom. The van der Waals surface area contributed by atoms with Gasteiger partial charge in [0.1, 0.15) is 18.5 Å². The zero-order valence-corrected chi connectivity index (χ0v) is 20.0. The number of nitrogens with one attached hydrogen (secondary N) is 1. The zero-order valence-electron chi connectivity index (χ0n) is 20.0. The number of carbonyl (C=O) groups is 3. The lowest BCUT2D eigenvalue weighted by Gasteiger charge is -2.28. The molecule has 0 aromatic carbocycles. The number of nitrogens with zero attached hydrogens (tertiary/aromatic N) is 2. The maximum atomic E-state index is 16.0. The molecule has 2 rings (SSSR count). The summed E-state index contributed by atoms with van der Waals surface area (Å²) in [5.41, 5.74) is -3.23. The normalized spacial score (nSPS) is 24.9. The maximum absolute atomic E-state index is 16.0. The Morgan fingerprint density at radius 1 is 1.15 bits per heavy atom. The molecule has 0 aliphatic carbocycles. The van der Waals surface area contributed by atoms with Crippen molar-refractivity contribution in [2.45, 2.75) is 72.6 Å². The molecule has 0 bridgehead atoms. The number of hydrogen-bond donors (Lipinski definition) is 1. The summed E-state index contributed by atoms with van der Waals surface area (Å²) in [6, 6.07) is 1.34. The SMILES string of the molecule is CC(C)C(=O)Nc1ccn([C@@H]2O[C@H](COC(=O)C(C)C)[C@@H](OC(=O)C(C)C)[C@@]2(C)F)c(=O)n1. The van der Waals surface area contributed by atoms with Gasteiger partial charge in [-0.2, -0.15) is 4.98 Å². The molecule has 10 nitrogen and oxygen atoms in total. The van der Waals surface area contributed by atoms with Crippen molar-refractivity contribution >= 4 is 23.7 Å². The third kappa shape index (κ3) is 6.16. The number of amides is 1. The molecule has 2 heterocycles. The zero-order chi connectivity index (χ0) is 25.1. The largest absolute Gasteiger partial charge is 0.463 e. The average Bonchev–Trinajstić information content (AvgIpc) is 2.96. The smallest absolute Gasteiger partial charge is 0.351 e. The number of halogens is 1. The molecule has 1 aliphatic rings. The molecule has 1 aromatic heterocycles. The highest BCUT2D eigenvalue weighted by atomic mass is 19.1. The van der Waals surface area contributed by atoms with Gasteiger partial charge in [-0.3, -0.25) is 19.0 Å². The molecule has 0 spiro atoms. The Bertz CT molecular complexity index is 942. The van der Waals surface area contributed by atoms with E-state index in [2.05, 4.69) is 10.3 Å². The highest BCUT2D eigenvalue weighted by molar-refractivity contribution is 5.91. The summed E-state index contributed by atoms with van der Waals surface area (Å²) < 4.78 is 33.2. The predicted octanol–water partition coefficient (Wildman–Crippen LogP) is 2.23. The van der Waals surface area contributed by atoms with Gasteiger partial charge >= 0.3 is 17.6 Å². The van der Waals surface area contributed by atoms with Crippen LogP contribution in [0, 0.1) is 17.8 Å². The number of hydrogen-bond acceptors (Lipinski definition) is 8. The molecule has 184 valence electrons. The van der Waals surface area contributed by atoms with E-state index in [0.29, 0.717) is 0 Å². The van der Waals surface area contributed by atoms with Gasteiger partial charge in [-0.15, -0.1) is 0 Å². The van der Waals surface area contributed by atoms with Gasteiger partial charge in [0, 0.05) is 12.1 Å². The van der Waals surface area contributed by atoms with Crippen LogP contribution >= 0.6 is 0 Å². The molecule has 33 heavy (non-hydrogen) atoms. The van der Waals surface area contributed by atoms with Crippen molar-refractivity contribution in [3.8, 4) is 0 Å². The summed E-state index contributed by atoms with van der Waals surface area (Å²) in [6.07, 6.45) is -2.87. The van der Waals surface area contributed by atoms with Crippen molar-refractivity contribution in [3.05, 3.63) is 22.7 Å². The lowest BCUT2D eigenvalue weighted by molar-refractivity contribution is -0.165. The minimum Gasteiger partial charge on any atom is -0.463 e. The van der Waals surface area contributed by atoms with E-state index in [4.69, 9.17) is 14.2 Å². The van der Waals surface area contributed by atoms with Gasteiger partial charge in [0.25, 0.3) is 0 Å². The van der Waals surface area contributed by atoms with Crippen molar-refractivity contribution in [2.75, 3.05) is 11.9 Å². The number of ether oxygens (including phenoxy) is 3. The van der Waals surface area contributed by atoms with Crippen LogP contribution in [0.4, 0.5) is 10.2 Å². The molecule has 1 N–H and O–H groups in total. The third-order valence-electron chi connectivity index (χ3n) is 5.11. The van der Waals surface area contributed by atoms with Gasteiger partial charge in [-0.1, -0.05) is 41.5 Å². The van der Waals surface area contributed by atoms with E-state index in [1.54, 1.807) is 41.5 Å². The molecule has 1 saturated heterocycles. The van der Waals surface area contributed by atoms with Crippen LogP contribution in [-0.2, 0) is 28.6 Å². The minimum absolute atomic E-state index is 0.0127. The van der Waals surface area contributed by atoms with Gasteiger partial charge in [-0.05, 0) is 13.0 Å². The van der Waals surface area contributed by atoms with E-state index < -0.39 is 53.6 Å². The summed E-state index contributed by atoms with van der Waals surface area (Å²) in [7, 11) is 0. The van der Waals surface area contributed by atoms with E-state index in [1.807, 2.05) is 0 Å². The Kier molecular flexibility index (Phi) is 8.34. The summed E-state index contributed by atoms with van der Waals surface area (Å²) in [5, 5.41) is 2.50. The number of anilines is 1. The van der Waals surface area contributed by atoms with Crippen LogP contribution in [0.15, 0.2) is 17.1 Å². The van der Waals surface area contributed by atoms with Crippen LogP contribution in [0.5, 0.6) is 0 Å². The molecule has 1 aromatic rings. The van der Waals surface area contributed by atoms with Crippen molar-refractivity contribution in [2.24, 2.45) is 17.8 Å². The summed E-state index contributed by atoms with van der Waals surface area (Å²) >= 11 is 0. The first-order chi connectivity index (χ1) is 15.2. The molecule has 0 saturated carbocycles. The monoisotopic (exact) mass is 469 g/mol. The fraction of sp³-hybridized carbons (Fsp3) is 0.682. The third-order valence-corrected chi connectivity index (χ3v) is 5.11. The van der Waals surface area contributed by atoms with Crippen LogP contribution in [-0.4, -0.2) is 51.9 Å². The number of rotatable bonds is 8. The molecule has 4 atom stereocenters. The Hall–Kier alpha value is -2.82. The highest BCUT2D eigenvalue weighted by Crippen LogP contribution is 2.43. The van der Waals surface area contributed by atoms with Crippen LogP contribution in [0.2, 0.25) is 0 Å². The number of aromatic nitrogens is 2. The van der Waals surface area contributed by atoms with E-state index >= 15 is 4.39 Å². The van der Waals surface area contributed by atoms with E-state index in [0.717, 1.165) is 11.5 Å². The molecular formula is C22H32FN3O7. The van der Waals surface area contributed by atoms with Crippen molar-refractivity contribution in [1.29, 1.82) is 0 Å². The minimum atomic E-state index is -2.35. The van der Waals surface area contributed by atoms with Crippen LogP contribution < -0.4 is 11.0 Å². The maximum Gasteiger partial charge on any atom is 0.351 e. The summed E-state index contributed by atoms with van der Waals surface area (Å²) in [6.45, 7) is 10.6. The Morgan fingerprint density at radius 2 is 1.76 bits per heavy atom. The molecule has 11 heteroatoms. The lowest BCUT2D eigenvalue weighted by atomic mass is 9.98. The highest BCUT2D eigenvalue weighted by Gasteiger charge is 2.58. The van der Waals surface area contributed by atoms with Gasteiger partial charge in [-0.25, -0.2) is 9.18 Å². The fourth-order valence-electron chi connectivity index (χ4n) is 3.05. The molecule has 1 fully saturated rings. The average molecular weight is 470 g/mol. The number of esters is 2. The van der Waals surface area contributed by atoms with E-state index in [-0.39, 0.29) is 24.2 Å². The van der Waals surface area contributed by atoms with Gasteiger partial charge in [0.2, 0.25) is 5.91 Å². The standard InChI is InChI=1S/C22H32FN3O7/c1-11(2)17(27)24-15-8-9-26(21(30)25-15)20-22(7,23)16(33-19(29)13(5)6)14(32-20)10-31-18(28)12(3)4/h8-9,11-14,16,20H,10H2,1-7H3,(H,24,25,27,30)/t14-,16-,20-,22-/m1/s1. The van der Waals surface area contributed by atoms with Gasteiger partial charge < -0.3 is 19.5 Å². The van der Waals surface area contributed by atoms with Crippen molar-refractivity contribution < 1.29 is 33.0 Å². The fourth-order valence-corrected chi connectivity index (χ4v) is 3.05. The predicted molar refractivity (Wildman–Crippen MR) is 116 cm³/mol. The summed E-state index contributed by atoms with van der Waals surface area (Å²) in [4.78, 5) is 52.4. The molecule has 0 unspecified atom stereocenters. The van der Waals surface area contributed by atoms with E-state index in [1.165, 1.54) is 12.3 Å². The summed E-state index contributed by atoms with van der Waals surface area (Å²) in [5.74, 6) is -2.79. The van der Waals surface area contributed by atoms with Crippen LogP contribution in [0.25, 0.3) is 0 Å². The number of alkyl halides is 1. The van der Waals surface area contributed by atoms with E-state index in [9.17, 15) is 19.2 Å². The Balaban J connectivity index is 2.34. The topological polar surface area (TPSA) is 126 Å². The van der Waals surface area contributed by atoms with Crippen LogP contribution in [0.1, 0.15) is 54.7 Å². The second-order valence-electron chi connectivity index (χ2n) is 9.12. The van der Waals surface area contributed by atoms with Gasteiger partial charge in [0.05, 0.1) is 11.8 Å². The second kappa shape index (κ2) is 10.4. The lowest BCUT2D eigenvalue weighted by Crippen LogP contribution is -2.46. The molecule has 0 radical (unpaired) electrons. The molecule has 1 aliphatic heterocycles. The van der Waals surface area contributed by atoms with Crippen molar-refractivity contribution in [1.82, 2.24) is 9.55 Å². The first kappa shape index (κ1) is 26.4. The van der Waals surface area contributed by atoms with Gasteiger partial charge in [0.15, 0.2) is 18.0 Å². The first-order valence-electron chi connectivity index (χ1n) is 10.9. The molecule has 1 amide bonds. The second-order valence-corrected chi connectivity index (χ2v) is 9.12. The first-order valence-corrected chi connectivity index (χ1v) is 10.9. The Labute approximate surface area is 191 Å². The number of carbonyl (C=O) groups excluding carboxylic acids is 3. The quantitative estimate of drug-likeness (QED) is 0.575. The molecular weight excluding hydrogens is 437 g/mol. The van der Waals surface area contributed by atoms with Crippen molar-refractivity contribution in [3.63, 3.8) is 0 Å².